The van der Waals surface area contributed by atoms with Gasteiger partial charge in [-0.25, -0.2) is 0 Å². The maximum Gasteiger partial charge on any atom is 0.0594 e. The predicted molar refractivity (Wildman–Crippen MR) is 151 cm³/mol. The number of rotatable bonds is 26. The van der Waals surface area contributed by atoms with Gasteiger partial charge >= 0.3 is 0 Å². The molecule has 0 radical (unpaired) electrons. The van der Waals surface area contributed by atoms with E-state index < -0.39 is 7.26 Å². The fourth-order valence-electron chi connectivity index (χ4n) is 5.23. The minimum absolute atomic E-state index is 0. The van der Waals surface area contributed by atoms with Crippen molar-refractivity contribution >= 4 is 7.26 Å². The highest BCUT2D eigenvalue weighted by Crippen LogP contribution is 2.61. The molecule has 0 nitrogen and oxygen atoms in total. The molecule has 0 aromatic heterocycles. The van der Waals surface area contributed by atoms with Crippen LogP contribution >= 0.6 is 7.26 Å². The summed E-state index contributed by atoms with van der Waals surface area (Å²) in [6.07, 6.45) is 39.1. The van der Waals surface area contributed by atoms with Crippen molar-refractivity contribution in [3.8, 4) is 0 Å². The predicted octanol–water partition coefficient (Wildman–Crippen LogP) is 8.67. The minimum Gasteiger partial charge on any atom is -1.00 e. The van der Waals surface area contributed by atoms with Crippen LogP contribution in [0.4, 0.5) is 0 Å². The molecule has 0 fully saturated rings. The van der Waals surface area contributed by atoms with Gasteiger partial charge in [-0.1, -0.05) is 118 Å². The zero-order valence-electron chi connectivity index (χ0n) is 23.2. The molecule has 0 N–H and O–H groups in total. The number of hydrogen-bond donors (Lipinski definition) is 0. The molecule has 196 valence electrons. The van der Waals surface area contributed by atoms with Crippen molar-refractivity contribution in [1.82, 2.24) is 0 Å². The van der Waals surface area contributed by atoms with Gasteiger partial charge in [0, 0.05) is 7.26 Å². The van der Waals surface area contributed by atoms with Crippen LogP contribution in [0.15, 0.2) is 0 Å². The summed E-state index contributed by atoms with van der Waals surface area (Å²) in [5, 5.41) is 0. The molecular weight excluding hydrogens is 471 g/mol. The maximum atomic E-state index is 2.37. The van der Waals surface area contributed by atoms with Crippen molar-refractivity contribution in [1.29, 1.82) is 0 Å². The lowest BCUT2D eigenvalue weighted by Gasteiger charge is -2.28. The van der Waals surface area contributed by atoms with Gasteiger partial charge in [-0.2, -0.15) is 0 Å². The van der Waals surface area contributed by atoms with Gasteiger partial charge in [0.25, 0.3) is 0 Å². The molecule has 0 spiro atoms. The van der Waals surface area contributed by atoms with Gasteiger partial charge in [0.2, 0.25) is 0 Å². The van der Waals surface area contributed by atoms with Crippen LogP contribution in [0.25, 0.3) is 0 Å². The van der Waals surface area contributed by atoms with Gasteiger partial charge < -0.3 is 17.0 Å². The largest absolute Gasteiger partial charge is 1.00 e. The highest BCUT2D eigenvalue weighted by molar-refractivity contribution is 7.75. The Balaban J connectivity index is 0. The molecule has 32 heavy (non-hydrogen) atoms. The quantitative estimate of drug-likeness (QED) is 0.0768. The molecule has 0 saturated heterocycles. The van der Waals surface area contributed by atoms with Crippen LogP contribution in [0.1, 0.15) is 169 Å². The van der Waals surface area contributed by atoms with E-state index in [2.05, 4.69) is 27.7 Å². The van der Waals surface area contributed by atoms with E-state index in [-0.39, 0.29) is 17.0 Å². The second-order valence-electron chi connectivity index (χ2n) is 10.6. The van der Waals surface area contributed by atoms with Crippen LogP contribution in [0.2, 0.25) is 0 Å². The first-order valence-corrected chi connectivity index (χ1v) is 17.6. The summed E-state index contributed by atoms with van der Waals surface area (Å²) < 4.78 is 0. The summed E-state index contributed by atoms with van der Waals surface area (Å²) in [5.74, 6) is 0. The molecular formula is C30H64BrP. The SMILES string of the molecule is CCCCCCCCC[P+](CCCCCC)(CCCCCC)CCCCCCCCC.[Br-]. The summed E-state index contributed by atoms with van der Waals surface area (Å²) in [5.41, 5.74) is 0. The van der Waals surface area contributed by atoms with Crippen LogP contribution in [0.3, 0.4) is 0 Å². The molecule has 0 rings (SSSR count). The zero-order chi connectivity index (χ0) is 22.9. The topological polar surface area (TPSA) is 0 Å². The Morgan fingerprint density at radius 1 is 0.281 bits per heavy atom. The third kappa shape index (κ3) is 22.7. The van der Waals surface area contributed by atoms with E-state index in [1.807, 2.05) is 0 Å². The first-order valence-electron chi connectivity index (χ1n) is 15.1. The van der Waals surface area contributed by atoms with Crippen LogP contribution in [0, 0.1) is 0 Å². The van der Waals surface area contributed by atoms with E-state index >= 15 is 0 Å². The molecule has 0 aliphatic rings. The van der Waals surface area contributed by atoms with Gasteiger partial charge in [-0.3, -0.25) is 0 Å². The van der Waals surface area contributed by atoms with E-state index in [0.29, 0.717) is 0 Å². The highest BCUT2D eigenvalue weighted by Gasteiger charge is 2.34. The molecule has 0 aliphatic carbocycles. The Labute approximate surface area is 217 Å². The number of hydrogen-bond acceptors (Lipinski definition) is 0. The standard InChI is InChI=1S/C30H64P.BrH/c1-5-9-13-17-19-21-25-29-31(27-23-15-11-7-3,28-24-16-12-8-4)30-26-22-20-18-14-10-6-2;/h5-30H2,1-4H3;1H/q+1;/p-1. The van der Waals surface area contributed by atoms with Crippen LogP contribution in [-0.4, -0.2) is 24.6 Å². The number of unbranched alkanes of at least 4 members (excludes halogenated alkanes) is 18. The zero-order valence-corrected chi connectivity index (χ0v) is 25.7. The van der Waals surface area contributed by atoms with Crippen molar-refractivity contribution in [2.24, 2.45) is 0 Å². The average Bonchev–Trinajstić information content (AvgIpc) is 2.78. The van der Waals surface area contributed by atoms with Crippen LogP contribution in [0.5, 0.6) is 0 Å². The van der Waals surface area contributed by atoms with Gasteiger partial charge in [0.1, 0.15) is 0 Å². The van der Waals surface area contributed by atoms with Crippen LogP contribution in [-0.2, 0) is 0 Å². The molecule has 0 unspecified atom stereocenters. The third-order valence-corrected chi connectivity index (χ3v) is 12.5. The molecule has 0 amide bonds. The molecule has 0 aliphatic heterocycles. The molecule has 0 aromatic rings. The Morgan fingerprint density at radius 3 is 0.719 bits per heavy atom. The fraction of sp³-hybridized carbons (Fsp3) is 1.00. The van der Waals surface area contributed by atoms with E-state index in [1.165, 1.54) is 116 Å². The van der Waals surface area contributed by atoms with Crippen molar-refractivity contribution in [3.05, 3.63) is 0 Å². The lowest BCUT2D eigenvalue weighted by Crippen LogP contribution is -3.00. The summed E-state index contributed by atoms with van der Waals surface area (Å²) in [4.78, 5) is 0. The van der Waals surface area contributed by atoms with Crippen LogP contribution < -0.4 is 17.0 Å². The Morgan fingerprint density at radius 2 is 0.469 bits per heavy atom. The van der Waals surface area contributed by atoms with Gasteiger partial charge in [0.05, 0.1) is 24.6 Å². The van der Waals surface area contributed by atoms with E-state index in [4.69, 9.17) is 0 Å². The Kier molecular flexibility index (Phi) is 30.9. The molecule has 0 heterocycles. The highest BCUT2D eigenvalue weighted by atomic mass is 79.9. The monoisotopic (exact) mass is 534 g/mol. The molecule has 0 bridgehead atoms. The molecule has 0 aromatic carbocycles. The van der Waals surface area contributed by atoms with Gasteiger partial charge in [0.15, 0.2) is 0 Å². The van der Waals surface area contributed by atoms with E-state index in [9.17, 15) is 0 Å². The van der Waals surface area contributed by atoms with Gasteiger partial charge in [-0.15, -0.1) is 0 Å². The third-order valence-electron chi connectivity index (χ3n) is 7.44. The fourth-order valence-corrected chi connectivity index (χ4v) is 10.1. The normalized spacial score (nSPS) is 11.6. The molecule has 0 atom stereocenters. The Hall–Kier alpha value is 0.910. The lowest BCUT2D eigenvalue weighted by atomic mass is 10.1. The summed E-state index contributed by atoms with van der Waals surface area (Å²) in [6, 6.07) is 0. The minimum atomic E-state index is -0.699. The maximum absolute atomic E-state index is 2.37. The first kappa shape index (κ1) is 35.1. The van der Waals surface area contributed by atoms with E-state index in [0.717, 1.165) is 0 Å². The summed E-state index contributed by atoms with van der Waals surface area (Å²) in [7, 11) is -0.699. The first-order chi connectivity index (χ1) is 15.2. The van der Waals surface area contributed by atoms with Crippen molar-refractivity contribution in [3.63, 3.8) is 0 Å². The molecule has 2 heteroatoms. The van der Waals surface area contributed by atoms with Crippen molar-refractivity contribution in [2.45, 2.75) is 169 Å². The van der Waals surface area contributed by atoms with Crippen molar-refractivity contribution in [2.75, 3.05) is 24.6 Å². The lowest BCUT2D eigenvalue weighted by molar-refractivity contribution is -0.00000711. The smallest absolute Gasteiger partial charge is 0.0594 e. The Bertz CT molecular complexity index is 299. The number of halogens is 1. The van der Waals surface area contributed by atoms with E-state index in [1.54, 1.807) is 50.3 Å². The summed E-state index contributed by atoms with van der Waals surface area (Å²) in [6.45, 7) is 9.40. The summed E-state index contributed by atoms with van der Waals surface area (Å²) >= 11 is 0. The molecule has 0 saturated carbocycles. The van der Waals surface area contributed by atoms with Crippen molar-refractivity contribution < 1.29 is 17.0 Å². The second kappa shape index (κ2) is 28.1. The average molecular weight is 536 g/mol. The second-order valence-corrected chi connectivity index (χ2v) is 15.1. The van der Waals surface area contributed by atoms with Gasteiger partial charge in [-0.05, 0) is 51.4 Å².